The van der Waals surface area contributed by atoms with Gasteiger partial charge >= 0.3 is 12.2 Å². The molecule has 2 amide bonds. The molecule has 8 nitrogen and oxygen atoms in total. The fraction of sp³-hybridized carbons (Fsp3) is 0.516. The maximum Gasteiger partial charge on any atom is 0.416 e. The highest BCUT2D eigenvalue weighted by Crippen LogP contribution is 2.28. The fourth-order valence-corrected chi connectivity index (χ4v) is 4.45. The quantitative estimate of drug-likeness (QED) is 0.367. The summed E-state index contributed by atoms with van der Waals surface area (Å²) in [5.74, 6) is 0.525. The zero-order valence-electron chi connectivity index (χ0n) is 24.4. The van der Waals surface area contributed by atoms with Crippen LogP contribution in [-0.2, 0) is 27.2 Å². The monoisotopic (exact) mass is 537 g/mol. The van der Waals surface area contributed by atoms with Crippen molar-refractivity contribution in [2.45, 2.75) is 78.7 Å². The summed E-state index contributed by atoms with van der Waals surface area (Å²) in [5, 5.41) is 0. The van der Waals surface area contributed by atoms with Crippen molar-refractivity contribution in [1.82, 2.24) is 9.88 Å². The van der Waals surface area contributed by atoms with Gasteiger partial charge in [0.2, 0.25) is 0 Å². The number of likely N-dealkylation sites (tertiary alicyclic amines) is 1. The van der Waals surface area contributed by atoms with E-state index < -0.39 is 17.3 Å². The van der Waals surface area contributed by atoms with Gasteiger partial charge < -0.3 is 19.1 Å². The van der Waals surface area contributed by atoms with E-state index in [0.29, 0.717) is 38.5 Å². The molecule has 0 bridgehead atoms. The molecule has 1 aliphatic rings. The normalized spacial score (nSPS) is 17.6. The van der Waals surface area contributed by atoms with Crippen LogP contribution in [0, 0.1) is 12.8 Å². The molecule has 1 aromatic carbocycles. The van der Waals surface area contributed by atoms with Gasteiger partial charge in [-0.05, 0) is 78.1 Å². The van der Waals surface area contributed by atoms with Crippen LogP contribution in [0.5, 0.6) is 0 Å². The van der Waals surface area contributed by atoms with Crippen LogP contribution in [0.1, 0.15) is 58.4 Å². The van der Waals surface area contributed by atoms with Crippen molar-refractivity contribution in [2.24, 2.45) is 5.92 Å². The third-order valence-corrected chi connectivity index (χ3v) is 6.02. The Labute approximate surface area is 232 Å². The van der Waals surface area contributed by atoms with Gasteiger partial charge in [0.15, 0.2) is 0 Å². The molecule has 212 valence electrons. The minimum Gasteiger partial charge on any atom is -0.444 e. The fourth-order valence-electron chi connectivity index (χ4n) is 4.45. The lowest BCUT2D eigenvalue weighted by Crippen LogP contribution is -2.37. The molecule has 0 radical (unpaired) electrons. The van der Waals surface area contributed by atoms with Crippen molar-refractivity contribution in [2.75, 3.05) is 24.6 Å². The molecule has 39 heavy (non-hydrogen) atoms. The SMILES string of the molecule is C=CCO[C@H]1CN(C(=O)OC(C)(C)C)C[C@@H]1Cc1cc(C)cc(N(Cc2ccccc2)C(=O)OC(C)(C)C)n1. The third kappa shape index (κ3) is 9.39. The van der Waals surface area contributed by atoms with E-state index in [4.69, 9.17) is 19.2 Å². The average molecular weight is 538 g/mol. The van der Waals surface area contributed by atoms with Gasteiger partial charge in [0.05, 0.1) is 25.8 Å². The molecule has 0 N–H and O–H groups in total. The molecule has 1 aliphatic heterocycles. The van der Waals surface area contributed by atoms with Gasteiger partial charge in [-0.25, -0.2) is 14.6 Å². The molecule has 0 aliphatic carbocycles. The van der Waals surface area contributed by atoms with Crippen LogP contribution in [0.4, 0.5) is 15.4 Å². The molecule has 2 atom stereocenters. The molecule has 1 aromatic heterocycles. The summed E-state index contributed by atoms with van der Waals surface area (Å²) in [6, 6.07) is 13.7. The standard InChI is InChI=1S/C31H43N3O5/c1-9-15-37-26-21-33(28(35)38-30(3,4)5)20-24(26)18-25-16-22(2)17-27(32-25)34(29(36)39-31(6,7)8)19-23-13-11-10-12-14-23/h9-14,16-17,24,26H,1,15,18-21H2,2-8H3/t24-,26-/m0/s1. The van der Waals surface area contributed by atoms with Gasteiger partial charge in [0.25, 0.3) is 0 Å². The lowest BCUT2D eigenvalue weighted by Gasteiger charge is -2.27. The summed E-state index contributed by atoms with van der Waals surface area (Å²) >= 11 is 0. The Kier molecular flexibility index (Phi) is 9.78. The predicted octanol–water partition coefficient (Wildman–Crippen LogP) is 6.31. The molecular weight excluding hydrogens is 494 g/mol. The largest absolute Gasteiger partial charge is 0.444 e. The Morgan fingerprint density at radius 2 is 1.72 bits per heavy atom. The highest BCUT2D eigenvalue weighted by atomic mass is 16.6. The van der Waals surface area contributed by atoms with Crippen molar-refractivity contribution >= 4 is 18.0 Å². The summed E-state index contributed by atoms with van der Waals surface area (Å²) in [6.45, 7) is 18.5. The average Bonchev–Trinajstić information content (AvgIpc) is 3.22. The van der Waals surface area contributed by atoms with Crippen LogP contribution in [0.25, 0.3) is 0 Å². The van der Waals surface area contributed by atoms with Gasteiger partial charge in [-0.3, -0.25) is 4.90 Å². The number of carbonyl (C=O) groups excluding carboxylic acids is 2. The van der Waals surface area contributed by atoms with Crippen LogP contribution >= 0.6 is 0 Å². The Balaban J connectivity index is 1.88. The summed E-state index contributed by atoms with van der Waals surface area (Å²) in [4.78, 5) is 34.3. The lowest BCUT2D eigenvalue weighted by molar-refractivity contribution is 0.0225. The van der Waals surface area contributed by atoms with Gasteiger partial charge in [-0.1, -0.05) is 36.4 Å². The second kappa shape index (κ2) is 12.6. The zero-order chi connectivity index (χ0) is 28.8. The Bertz CT molecular complexity index is 1140. The second-order valence-electron chi connectivity index (χ2n) is 12.1. The number of pyridine rings is 1. The van der Waals surface area contributed by atoms with Crippen LogP contribution in [0.15, 0.2) is 55.1 Å². The molecule has 0 saturated carbocycles. The van der Waals surface area contributed by atoms with Crippen molar-refractivity contribution < 1.29 is 23.8 Å². The minimum atomic E-state index is -0.649. The van der Waals surface area contributed by atoms with Gasteiger partial charge in [-0.15, -0.1) is 6.58 Å². The molecule has 3 rings (SSSR count). The topological polar surface area (TPSA) is 81.2 Å². The predicted molar refractivity (Wildman–Crippen MR) is 153 cm³/mol. The Morgan fingerprint density at radius 3 is 2.33 bits per heavy atom. The number of nitrogens with zero attached hydrogens (tertiary/aromatic N) is 3. The van der Waals surface area contributed by atoms with Gasteiger partial charge in [-0.2, -0.15) is 0 Å². The van der Waals surface area contributed by atoms with E-state index in [1.165, 1.54) is 0 Å². The number of anilines is 1. The summed E-state index contributed by atoms with van der Waals surface area (Å²) in [7, 11) is 0. The number of amides is 2. The van der Waals surface area contributed by atoms with Gasteiger partial charge in [0, 0.05) is 18.2 Å². The number of hydrogen-bond acceptors (Lipinski definition) is 6. The van der Waals surface area contributed by atoms with Gasteiger partial charge in [0.1, 0.15) is 17.0 Å². The number of benzene rings is 1. The molecule has 0 spiro atoms. The van der Waals surface area contributed by atoms with E-state index in [2.05, 4.69) is 6.58 Å². The van der Waals surface area contributed by atoms with E-state index in [1.54, 1.807) is 15.9 Å². The van der Waals surface area contributed by atoms with Crippen LogP contribution in [0.2, 0.25) is 0 Å². The number of aromatic nitrogens is 1. The van der Waals surface area contributed by atoms with E-state index in [0.717, 1.165) is 16.8 Å². The number of rotatable bonds is 8. The molecule has 8 heteroatoms. The van der Waals surface area contributed by atoms with Crippen LogP contribution in [0.3, 0.4) is 0 Å². The molecule has 1 saturated heterocycles. The first kappa shape index (κ1) is 30.2. The molecule has 2 heterocycles. The molecule has 0 unspecified atom stereocenters. The van der Waals surface area contributed by atoms with Crippen molar-refractivity contribution in [3.8, 4) is 0 Å². The van der Waals surface area contributed by atoms with Crippen LogP contribution < -0.4 is 4.90 Å². The Hall–Kier alpha value is -3.39. The highest BCUT2D eigenvalue weighted by Gasteiger charge is 2.38. The minimum absolute atomic E-state index is 0.00344. The zero-order valence-corrected chi connectivity index (χ0v) is 24.4. The maximum absolute atomic E-state index is 13.3. The van der Waals surface area contributed by atoms with E-state index >= 15 is 0 Å². The number of aryl methyl sites for hydroxylation is 1. The first-order chi connectivity index (χ1) is 18.2. The molecular formula is C31H43N3O5. The molecule has 1 fully saturated rings. The first-order valence-corrected chi connectivity index (χ1v) is 13.5. The van der Waals surface area contributed by atoms with E-state index in [1.807, 2.05) is 90.9 Å². The van der Waals surface area contributed by atoms with E-state index in [9.17, 15) is 9.59 Å². The highest BCUT2D eigenvalue weighted by molar-refractivity contribution is 5.86. The Morgan fingerprint density at radius 1 is 1.05 bits per heavy atom. The number of carbonyl (C=O) groups is 2. The summed E-state index contributed by atoms with van der Waals surface area (Å²) in [5.41, 5.74) is 1.53. The lowest BCUT2D eigenvalue weighted by atomic mass is 9.98. The van der Waals surface area contributed by atoms with Crippen molar-refractivity contribution in [1.29, 1.82) is 0 Å². The first-order valence-electron chi connectivity index (χ1n) is 13.5. The second-order valence-corrected chi connectivity index (χ2v) is 12.1. The maximum atomic E-state index is 13.3. The number of ether oxygens (including phenoxy) is 3. The molecule has 2 aromatic rings. The van der Waals surface area contributed by atoms with Crippen LogP contribution in [-0.4, -0.2) is 59.1 Å². The van der Waals surface area contributed by atoms with Crippen molar-refractivity contribution in [3.63, 3.8) is 0 Å². The summed E-state index contributed by atoms with van der Waals surface area (Å²) in [6.07, 6.45) is 1.28. The third-order valence-electron chi connectivity index (χ3n) is 6.02. The smallest absolute Gasteiger partial charge is 0.416 e. The summed E-state index contributed by atoms with van der Waals surface area (Å²) < 4.78 is 17.4. The van der Waals surface area contributed by atoms with Crippen molar-refractivity contribution in [3.05, 3.63) is 71.9 Å². The number of hydrogen-bond donors (Lipinski definition) is 0. The van der Waals surface area contributed by atoms with E-state index in [-0.39, 0.29) is 18.1 Å².